The molecule has 1 aromatic rings. The van der Waals surface area contributed by atoms with Crippen LogP contribution in [-0.4, -0.2) is 38.5 Å². The SMILES string of the molecule is CCc1ccccc1N1CC(C(=O)NCCNC)CC1=O. The number of hydrogen-bond donors (Lipinski definition) is 2. The summed E-state index contributed by atoms with van der Waals surface area (Å²) in [5.74, 6) is -0.251. The lowest BCUT2D eigenvalue weighted by Gasteiger charge is -2.20. The number of amides is 2. The predicted octanol–water partition coefficient (Wildman–Crippen LogP) is 0.937. The van der Waals surface area contributed by atoms with E-state index in [-0.39, 0.29) is 17.7 Å². The van der Waals surface area contributed by atoms with Crippen LogP contribution in [0.1, 0.15) is 18.9 Å². The van der Waals surface area contributed by atoms with E-state index in [1.807, 2.05) is 31.3 Å². The summed E-state index contributed by atoms with van der Waals surface area (Å²) in [6.07, 6.45) is 1.17. The highest BCUT2D eigenvalue weighted by atomic mass is 16.2. The van der Waals surface area contributed by atoms with Crippen LogP contribution in [-0.2, 0) is 16.0 Å². The maximum atomic E-state index is 12.2. The maximum Gasteiger partial charge on any atom is 0.227 e. The lowest BCUT2D eigenvalue weighted by atomic mass is 10.1. The second kappa shape index (κ2) is 7.22. The standard InChI is InChI=1S/C16H23N3O2/c1-3-12-6-4-5-7-14(12)19-11-13(10-15(19)20)16(21)18-9-8-17-2/h4-7,13,17H,3,8-11H2,1-2H3,(H,18,21). The second-order valence-electron chi connectivity index (χ2n) is 5.28. The van der Waals surface area contributed by atoms with Gasteiger partial charge >= 0.3 is 0 Å². The first-order valence-corrected chi connectivity index (χ1v) is 7.48. The van der Waals surface area contributed by atoms with Crippen molar-refractivity contribution in [3.8, 4) is 0 Å². The number of hydrogen-bond acceptors (Lipinski definition) is 3. The van der Waals surface area contributed by atoms with Gasteiger partial charge in [0, 0.05) is 31.7 Å². The van der Waals surface area contributed by atoms with Gasteiger partial charge in [-0.2, -0.15) is 0 Å². The number of benzene rings is 1. The Morgan fingerprint density at radius 3 is 2.81 bits per heavy atom. The highest BCUT2D eigenvalue weighted by Crippen LogP contribution is 2.28. The van der Waals surface area contributed by atoms with Crippen molar-refractivity contribution in [1.29, 1.82) is 0 Å². The van der Waals surface area contributed by atoms with E-state index in [9.17, 15) is 9.59 Å². The Morgan fingerprint density at radius 2 is 2.10 bits per heavy atom. The zero-order valence-electron chi connectivity index (χ0n) is 12.7. The van der Waals surface area contributed by atoms with E-state index in [1.54, 1.807) is 4.90 Å². The number of aryl methyl sites for hydroxylation is 1. The molecule has 114 valence electrons. The van der Waals surface area contributed by atoms with Gasteiger partial charge in [0.1, 0.15) is 0 Å². The quantitative estimate of drug-likeness (QED) is 0.766. The third-order valence-electron chi connectivity index (χ3n) is 3.83. The molecule has 1 atom stereocenters. The minimum atomic E-state index is -0.251. The number of anilines is 1. The Morgan fingerprint density at radius 1 is 1.33 bits per heavy atom. The molecular formula is C16H23N3O2. The topological polar surface area (TPSA) is 61.4 Å². The number of carbonyl (C=O) groups is 2. The van der Waals surface area contributed by atoms with Gasteiger partial charge in [-0.1, -0.05) is 25.1 Å². The summed E-state index contributed by atoms with van der Waals surface area (Å²) in [4.78, 5) is 26.1. The fourth-order valence-corrected chi connectivity index (χ4v) is 2.64. The van der Waals surface area contributed by atoms with Crippen molar-refractivity contribution in [2.75, 3.05) is 31.6 Å². The van der Waals surface area contributed by atoms with Crippen LogP contribution in [0, 0.1) is 5.92 Å². The van der Waals surface area contributed by atoms with Crippen molar-refractivity contribution in [1.82, 2.24) is 10.6 Å². The molecule has 2 amide bonds. The third kappa shape index (κ3) is 3.61. The van der Waals surface area contributed by atoms with Crippen LogP contribution < -0.4 is 15.5 Å². The Labute approximate surface area is 125 Å². The van der Waals surface area contributed by atoms with E-state index in [0.717, 1.165) is 24.2 Å². The van der Waals surface area contributed by atoms with Crippen LogP contribution in [0.3, 0.4) is 0 Å². The van der Waals surface area contributed by atoms with Gasteiger partial charge in [-0.3, -0.25) is 9.59 Å². The van der Waals surface area contributed by atoms with E-state index in [1.165, 1.54) is 0 Å². The van der Waals surface area contributed by atoms with Crippen molar-refractivity contribution >= 4 is 17.5 Å². The van der Waals surface area contributed by atoms with Gasteiger partial charge in [-0.25, -0.2) is 0 Å². The molecule has 0 bridgehead atoms. The average Bonchev–Trinajstić information content (AvgIpc) is 2.89. The lowest BCUT2D eigenvalue weighted by molar-refractivity contribution is -0.126. The number of nitrogens with zero attached hydrogens (tertiary/aromatic N) is 1. The van der Waals surface area contributed by atoms with Crippen molar-refractivity contribution in [2.24, 2.45) is 5.92 Å². The maximum absolute atomic E-state index is 12.2. The van der Waals surface area contributed by atoms with Crippen molar-refractivity contribution in [3.05, 3.63) is 29.8 Å². The number of likely N-dealkylation sites (N-methyl/N-ethyl adjacent to an activating group) is 1. The molecule has 21 heavy (non-hydrogen) atoms. The van der Waals surface area contributed by atoms with Gasteiger partial charge in [0.05, 0.1) is 5.92 Å². The van der Waals surface area contributed by atoms with Crippen molar-refractivity contribution < 1.29 is 9.59 Å². The smallest absolute Gasteiger partial charge is 0.227 e. The Bertz CT molecular complexity index is 516. The Kier molecular flexibility index (Phi) is 5.33. The number of rotatable bonds is 6. The third-order valence-corrected chi connectivity index (χ3v) is 3.83. The molecule has 1 saturated heterocycles. The summed E-state index contributed by atoms with van der Waals surface area (Å²) < 4.78 is 0. The molecule has 0 radical (unpaired) electrons. The highest BCUT2D eigenvalue weighted by Gasteiger charge is 2.35. The summed E-state index contributed by atoms with van der Waals surface area (Å²) in [5.41, 5.74) is 2.08. The summed E-state index contributed by atoms with van der Waals surface area (Å²) in [6, 6.07) is 7.90. The van der Waals surface area contributed by atoms with E-state index < -0.39 is 0 Å². The zero-order chi connectivity index (χ0) is 15.2. The highest BCUT2D eigenvalue weighted by molar-refractivity contribution is 6.00. The lowest BCUT2D eigenvalue weighted by Crippen LogP contribution is -2.36. The summed E-state index contributed by atoms with van der Waals surface area (Å²) >= 11 is 0. The molecular weight excluding hydrogens is 266 g/mol. The molecule has 1 aliphatic rings. The van der Waals surface area contributed by atoms with Crippen molar-refractivity contribution in [3.63, 3.8) is 0 Å². The van der Waals surface area contributed by atoms with Gasteiger partial charge in [0.25, 0.3) is 0 Å². The monoisotopic (exact) mass is 289 g/mol. The molecule has 0 spiro atoms. The van der Waals surface area contributed by atoms with E-state index in [0.29, 0.717) is 19.5 Å². The molecule has 2 rings (SSSR count). The first kappa shape index (κ1) is 15.5. The molecule has 5 nitrogen and oxygen atoms in total. The fourth-order valence-electron chi connectivity index (χ4n) is 2.64. The van der Waals surface area contributed by atoms with E-state index in [2.05, 4.69) is 17.6 Å². The van der Waals surface area contributed by atoms with Crippen LogP contribution in [0.4, 0.5) is 5.69 Å². The van der Waals surface area contributed by atoms with Crippen LogP contribution in [0.2, 0.25) is 0 Å². The summed E-state index contributed by atoms with van der Waals surface area (Å²) in [6.45, 7) is 3.86. The van der Waals surface area contributed by atoms with Gasteiger partial charge < -0.3 is 15.5 Å². The molecule has 1 heterocycles. The second-order valence-corrected chi connectivity index (χ2v) is 5.28. The van der Waals surface area contributed by atoms with Crippen LogP contribution in [0.25, 0.3) is 0 Å². The predicted molar refractivity (Wildman–Crippen MR) is 83.2 cm³/mol. The first-order chi connectivity index (χ1) is 10.2. The molecule has 2 N–H and O–H groups in total. The minimum Gasteiger partial charge on any atom is -0.355 e. The molecule has 1 aliphatic heterocycles. The minimum absolute atomic E-state index is 0.0321. The van der Waals surface area contributed by atoms with Gasteiger partial charge in [-0.15, -0.1) is 0 Å². The molecule has 0 aliphatic carbocycles. The van der Waals surface area contributed by atoms with Crippen LogP contribution in [0.5, 0.6) is 0 Å². The number of para-hydroxylation sites is 1. The zero-order valence-corrected chi connectivity index (χ0v) is 12.7. The summed E-state index contributed by atoms with van der Waals surface area (Å²) in [5, 5.41) is 5.85. The average molecular weight is 289 g/mol. The number of nitrogens with one attached hydrogen (secondary N) is 2. The van der Waals surface area contributed by atoms with E-state index in [4.69, 9.17) is 0 Å². The molecule has 0 aromatic heterocycles. The van der Waals surface area contributed by atoms with Crippen molar-refractivity contribution in [2.45, 2.75) is 19.8 Å². The molecule has 1 aromatic carbocycles. The fraction of sp³-hybridized carbons (Fsp3) is 0.500. The normalized spacial score (nSPS) is 18.1. The Hall–Kier alpha value is -1.88. The van der Waals surface area contributed by atoms with E-state index >= 15 is 0 Å². The van der Waals surface area contributed by atoms with Crippen LogP contribution >= 0.6 is 0 Å². The summed E-state index contributed by atoms with van der Waals surface area (Å²) in [7, 11) is 1.84. The Balaban J connectivity index is 2.04. The van der Waals surface area contributed by atoms with Gasteiger partial charge in [0.15, 0.2) is 0 Å². The molecule has 1 unspecified atom stereocenters. The largest absolute Gasteiger partial charge is 0.355 e. The molecule has 1 fully saturated rings. The van der Waals surface area contributed by atoms with Gasteiger partial charge in [0.2, 0.25) is 11.8 Å². The van der Waals surface area contributed by atoms with Crippen LogP contribution in [0.15, 0.2) is 24.3 Å². The first-order valence-electron chi connectivity index (χ1n) is 7.48. The van der Waals surface area contributed by atoms with Gasteiger partial charge in [-0.05, 0) is 25.1 Å². The number of carbonyl (C=O) groups excluding carboxylic acids is 2. The molecule has 5 heteroatoms. The molecule has 0 saturated carbocycles.